The van der Waals surface area contributed by atoms with E-state index in [1.165, 1.54) is 0 Å². The molecule has 0 saturated heterocycles. The number of ether oxygens (including phenoxy) is 1. The zero-order valence-corrected chi connectivity index (χ0v) is 11.2. The van der Waals surface area contributed by atoms with Crippen LogP contribution in [0.1, 0.15) is 21.5 Å². The molecule has 0 amide bonds. The molecule has 0 spiro atoms. The van der Waals surface area contributed by atoms with Crippen LogP contribution in [0.25, 0.3) is 11.1 Å². The molecule has 0 saturated carbocycles. The van der Waals surface area contributed by atoms with Gasteiger partial charge in [0.25, 0.3) is 0 Å². The number of carboxylic acids is 1. The number of rotatable bonds is 3. The van der Waals surface area contributed by atoms with Crippen molar-refractivity contribution in [3.05, 3.63) is 53.1 Å². The summed E-state index contributed by atoms with van der Waals surface area (Å²) < 4.78 is 5.22. The topological polar surface area (TPSA) is 46.5 Å². The lowest BCUT2D eigenvalue weighted by Gasteiger charge is -2.09. The van der Waals surface area contributed by atoms with E-state index in [4.69, 9.17) is 9.84 Å². The number of methoxy groups -OCH3 is 1. The van der Waals surface area contributed by atoms with Crippen LogP contribution in [-0.2, 0) is 0 Å². The molecular formula is C16H16O3. The molecule has 3 nitrogen and oxygen atoms in total. The Kier molecular flexibility index (Phi) is 3.56. The maximum absolute atomic E-state index is 11.2. The molecule has 0 aliphatic heterocycles. The van der Waals surface area contributed by atoms with Gasteiger partial charge in [0.2, 0.25) is 0 Å². The first kappa shape index (κ1) is 13.1. The Morgan fingerprint density at radius 3 is 2.21 bits per heavy atom. The summed E-state index contributed by atoms with van der Waals surface area (Å²) in [6.45, 7) is 3.77. The first-order valence-corrected chi connectivity index (χ1v) is 6.02. The molecule has 0 atom stereocenters. The van der Waals surface area contributed by atoms with E-state index in [0.29, 0.717) is 5.56 Å². The number of carbonyl (C=O) groups is 1. The molecule has 3 heteroatoms. The van der Waals surface area contributed by atoms with E-state index in [-0.39, 0.29) is 0 Å². The molecule has 0 fully saturated rings. The van der Waals surface area contributed by atoms with Crippen LogP contribution in [0.15, 0.2) is 36.4 Å². The van der Waals surface area contributed by atoms with Crippen molar-refractivity contribution in [2.45, 2.75) is 13.8 Å². The van der Waals surface area contributed by atoms with Crippen LogP contribution in [0.4, 0.5) is 0 Å². The Morgan fingerprint density at radius 1 is 1.00 bits per heavy atom. The Labute approximate surface area is 112 Å². The average Bonchev–Trinajstić information content (AvgIpc) is 2.38. The molecule has 0 aliphatic rings. The smallest absolute Gasteiger partial charge is 0.335 e. The molecule has 2 aromatic rings. The summed E-state index contributed by atoms with van der Waals surface area (Å²) in [5.74, 6) is -0.0705. The van der Waals surface area contributed by atoms with Crippen LogP contribution in [0.3, 0.4) is 0 Å². The van der Waals surface area contributed by atoms with Crippen molar-refractivity contribution in [1.29, 1.82) is 0 Å². The van der Waals surface area contributed by atoms with Gasteiger partial charge >= 0.3 is 5.97 Å². The predicted octanol–water partition coefficient (Wildman–Crippen LogP) is 3.68. The molecule has 0 aliphatic carbocycles. The molecule has 0 aromatic heterocycles. The Morgan fingerprint density at radius 2 is 1.63 bits per heavy atom. The fraction of sp³-hybridized carbons (Fsp3) is 0.188. The van der Waals surface area contributed by atoms with Crippen molar-refractivity contribution < 1.29 is 14.6 Å². The van der Waals surface area contributed by atoms with E-state index in [2.05, 4.69) is 0 Å². The van der Waals surface area contributed by atoms with Gasteiger partial charge in [0, 0.05) is 0 Å². The highest BCUT2D eigenvalue weighted by molar-refractivity contribution is 5.91. The summed E-state index contributed by atoms with van der Waals surface area (Å²) >= 11 is 0. The van der Waals surface area contributed by atoms with Crippen LogP contribution in [0.2, 0.25) is 0 Å². The van der Waals surface area contributed by atoms with E-state index in [0.717, 1.165) is 28.0 Å². The van der Waals surface area contributed by atoms with Gasteiger partial charge in [-0.05, 0) is 54.3 Å². The molecule has 98 valence electrons. The number of hydrogen-bond donors (Lipinski definition) is 1. The number of aryl methyl sites for hydroxylation is 2. The molecule has 2 rings (SSSR count). The first-order chi connectivity index (χ1) is 9.02. The SMILES string of the molecule is COc1ccc(-c2ccc(C)c(C(=O)O)c2)cc1C. The van der Waals surface area contributed by atoms with Crippen LogP contribution in [-0.4, -0.2) is 18.2 Å². The maximum Gasteiger partial charge on any atom is 0.335 e. The minimum Gasteiger partial charge on any atom is -0.496 e. The molecule has 0 bridgehead atoms. The minimum absolute atomic E-state index is 0.339. The van der Waals surface area contributed by atoms with E-state index < -0.39 is 5.97 Å². The monoisotopic (exact) mass is 256 g/mol. The molecule has 19 heavy (non-hydrogen) atoms. The van der Waals surface area contributed by atoms with Gasteiger partial charge in [-0.3, -0.25) is 0 Å². The largest absolute Gasteiger partial charge is 0.496 e. The minimum atomic E-state index is -0.899. The van der Waals surface area contributed by atoms with Gasteiger partial charge < -0.3 is 9.84 Å². The second-order valence-electron chi connectivity index (χ2n) is 4.52. The summed E-state index contributed by atoms with van der Waals surface area (Å²) in [6.07, 6.45) is 0. The third-order valence-corrected chi connectivity index (χ3v) is 3.20. The summed E-state index contributed by atoms with van der Waals surface area (Å²) in [6, 6.07) is 11.3. The van der Waals surface area contributed by atoms with Crippen LogP contribution in [0.5, 0.6) is 5.75 Å². The average molecular weight is 256 g/mol. The van der Waals surface area contributed by atoms with Gasteiger partial charge in [-0.2, -0.15) is 0 Å². The lowest BCUT2D eigenvalue weighted by atomic mass is 9.98. The Hall–Kier alpha value is -2.29. The number of hydrogen-bond acceptors (Lipinski definition) is 2. The summed E-state index contributed by atoms with van der Waals surface area (Å²) in [5, 5.41) is 9.15. The lowest BCUT2D eigenvalue weighted by Crippen LogP contribution is -1.99. The van der Waals surface area contributed by atoms with E-state index in [1.54, 1.807) is 20.1 Å². The molecule has 1 N–H and O–H groups in total. The normalized spacial score (nSPS) is 10.3. The molecule has 0 radical (unpaired) electrons. The van der Waals surface area contributed by atoms with Crippen molar-refractivity contribution in [3.63, 3.8) is 0 Å². The summed E-state index contributed by atoms with van der Waals surface area (Å²) in [5.41, 5.74) is 4.01. The number of carboxylic acid groups (broad SMARTS) is 1. The highest BCUT2D eigenvalue weighted by Crippen LogP contribution is 2.27. The van der Waals surface area contributed by atoms with Gasteiger partial charge in [0.1, 0.15) is 5.75 Å². The Bertz CT molecular complexity index is 630. The third kappa shape index (κ3) is 2.60. The fourth-order valence-electron chi connectivity index (χ4n) is 2.09. The maximum atomic E-state index is 11.2. The lowest BCUT2D eigenvalue weighted by molar-refractivity contribution is 0.0696. The second-order valence-corrected chi connectivity index (χ2v) is 4.52. The van der Waals surface area contributed by atoms with Gasteiger partial charge in [0.15, 0.2) is 0 Å². The third-order valence-electron chi connectivity index (χ3n) is 3.20. The van der Waals surface area contributed by atoms with Crippen LogP contribution in [0, 0.1) is 13.8 Å². The first-order valence-electron chi connectivity index (χ1n) is 6.02. The van der Waals surface area contributed by atoms with E-state index in [9.17, 15) is 4.79 Å². The van der Waals surface area contributed by atoms with Gasteiger partial charge in [0.05, 0.1) is 12.7 Å². The van der Waals surface area contributed by atoms with Crippen molar-refractivity contribution in [2.24, 2.45) is 0 Å². The van der Waals surface area contributed by atoms with Crippen molar-refractivity contribution in [2.75, 3.05) is 7.11 Å². The number of benzene rings is 2. The van der Waals surface area contributed by atoms with Gasteiger partial charge in [-0.25, -0.2) is 4.79 Å². The van der Waals surface area contributed by atoms with Crippen molar-refractivity contribution >= 4 is 5.97 Å². The highest BCUT2D eigenvalue weighted by Gasteiger charge is 2.09. The highest BCUT2D eigenvalue weighted by atomic mass is 16.5. The van der Waals surface area contributed by atoms with E-state index >= 15 is 0 Å². The molecular weight excluding hydrogens is 240 g/mol. The van der Waals surface area contributed by atoms with Crippen molar-refractivity contribution in [3.8, 4) is 16.9 Å². The van der Waals surface area contributed by atoms with Crippen molar-refractivity contribution in [1.82, 2.24) is 0 Å². The molecule has 2 aromatic carbocycles. The predicted molar refractivity (Wildman–Crippen MR) is 74.9 cm³/mol. The zero-order valence-electron chi connectivity index (χ0n) is 11.2. The standard InChI is InChI=1S/C16H16O3/c1-10-4-5-13(9-14(10)16(17)18)12-6-7-15(19-3)11(2)8-12/h4-9H,1-3H3,(H,17,18). The Balaban J connectivity index is 2.50. The van der Waals surface area contributed by atoms with Crippen LogP contribution < -0.4 is 4.74 Å². The summed E-state index contributed by atoms with van der Waals surface area (Å²) in [7, 11) is 1.64. The van der Waals surface area contributed by atoms with Crippen LogP contribution >= 0.6 is 0 Å². The second kappa shape index (κ2) is 5.14. The zero-order chi connectivity index (χ0) is 14.0. The van der Waals surface area contributed by atoms with E-state index in [1.807, 2.05) is 37.3 Å². The van der Waals surface area contributed by atoms with Gasteiger partial charge in [-0.15, -0.1) is 0 Å². The fourth-order valence-corrected chi connectivity index (χ4v) is 2.09. The molecule has 0 heterocycles. The summed E-state index contributed by atoms with van der Waals surface area (Å²) in [4.78, 5) is 11.2. The number of aromatic carboxylic acids is 1. The quantitative estimate of drug-likeness (QED) is 0.911. The van der Waals surface area contributed by atoms with Gasteiger partial charge in [-0.1, -0.05) is 18.2 Å². The molecule has 0 unspecified atom stereocenters.